The van der Waals surface area contributed by atoms with Gasteiger partial charge < -0.3 is 57.2 Å². The van der Waals surface area contributed by atoms with Crippen LogP contribution in [0.25, 0.3) is 43.8 Å². The van der Waals surface area contributed by atoms with Crippen LogP contribution >= 0.6 is 0 Å². The van der Waals surface area contributed by atoms with Gasteiger partial charge in [0.15, 0.2) is 11.5 Å². The average Bonchev–Trinajstić information content (AvgIpc) is 3.25. The molecule has 0 heterocycles. The fourth-order valence-electron chi connectivity index (χ4n) is 6.79. The van der Waals surface area contributed by atoms with Crippen molar-refractivity contribution >= 4 is 21.5 Å². The Labute approximate surface area is 354 Å². The normalized spacial score (nSPS) is 11.5. The summed E-state index contributed by atoms with van der Waals surface area (Å²) in [6.45, 7) is 10.9. The van der Waals surface area contributed by atoms with E-state index >= 15 is 0 Å². The lowest BCUT2D eigenvalue weighted by Crippen LogP contribution is -2.12. The van der Waals surface area contributed by atoms with Crippen molar-refractivity contribution in [1.82, 2.24) is 0 Å². The topological polar surface area (TPSA) is 122 Å². The zero-order chi connectivity index (χ0) is 42.4. The van der Waals surface area contributed by atoms with E-state index in [9.17, 15) is 0 Å². The minimum absolute atomic E-state index is 0.0299. The second-order valence-corrected chi connectivity index (χ2v) is 14.1. The van der Waals surface area contributed by atoms with E-state index in [4.69, 9.17) is 57.2 Å². The lowest BCUT2D eigenvalue weighted by molar-refractivity contribution is 0.0263. The van der Waals surface area contributed by atoms with Crippen LogP contribution < -0.4 is 14.2 Å². The molecule has 5 aromatic rings. The Morgan fingerprint density at radius 3 is 1.35 bits per heavy atom. The molecule has 12 nitrogen and oxygen atoms in total. The molecule has 0 aliphatic rings. The third kappa shape index (κ3) is 13.8. The largest absolute Gasteiger partial charge is 0.491 e. The molecule has 326 valence electrons. The first-order valence-electron chi connectivity index (χ1n) is 20.6. The van der Waals surface area contributed by atoms with E-state index in [2.05, 4.69) is 74.5 Å². The third-order valence-electron chi connectivity index (χ3n) is 9.63. The molecule has 0 radical (unpaired) electrons. The fraction of sp³-hybridized carbons (Fsp3) is 0.458. The molecule has 0 saturated carbocycles. The number of methoxy groups -OCH3 is 3. The van der Waals surface area contributed by atoms with Crippen molar-refractivity contribution in [3.05, 3.63) is 89.5 Å². The molecule has 0 aliphatic heterocycles. The number of ether oxygens (including phenoxy) is 11. The highest BCUT2D eigenvalue weighted by atomic mass is 16.6. The number of aliphatic hydroxyl groups excluding tert-OH is 1. The molecular weight excluding hydrogens is 769 g/mol. The number of rotatable bonds is 30. The second-order valence-electron chi connectivity index (χ2n) is 14.1. The maximum Gasteiger partial charge on any atom is 0.161 e. The van der Waals surface area contributed by atoms with Crippen LogP contribution in [0.3, 0.4) is 0 Å². The van der Waals surface area contributed by atoms with Crippen molar-refractivity contribution in [1.29, 1.82) is 0 Å². The number of hydrogen-bond acceptors (Lipinski definition) is 12. The van der Waals surface area contributed by atoms with E-state index in [0.717, 1.165) is 66.2 Å². The Morgan fingerprint density at radius 2 is 0.817 bits per heavy atom. The van der Waals surface area contributed by atoms with E-state index in [1.807, 2.05) is 12.1 Å². The Balaban J connectivity index is 1.57. The van der Waals surface area contributed by atoms with Crippen LogP contribution in [-0.2, 0) is 44.5 Å². The number of aliphatic hydroxyl groups is 1. The molecule has 0 fully saturated rings. The summed E-state index contributed by atoms with van der Waals surface area (Å²) in [5.41, 5.74) is 7.46. The van der Waals surface area contributed by atoms with Crippen molar-refractivity contribution in [3.8, 4) is 39.5 Å². The molecule has 0 spiro atoms. The molecule has 0 aromatic heterocycles. The summed E-state index contributed by atoms with van der Waals surface area (Å²) in [7, 11) is 4.96. The Hall–Kier alpha value is -4.34. The standard InChI is InChI=1S/C48H62O12/c1-35-7-11-41-42(30-35)47(37-8-12-44(58-27-24-54-19-16-50-3)39(32-37)34-57-23-22-53-15-14-49)40-10-6-36(2)31-43(40)48(41)38-9-13-45(59-28-25-55-20-17-51-4)46(33-38)60-29-26-56-21-18-52-5/h6-13,30-33,49H,14-29,34H2,1-5H3. The maximum atomic E-state index is 9.11. The second kappa shape index (κ2) is 26.1. The first-order chi connectivity index (χ1) is 29.5. The molecule has 0 amide bonds. The van der Waals surface area contributed by atoms with Gasteiger partial charge in [-0.15, -0.1) is 0 Å². The van der Waals surface area contributed by atoms with Crippen LogP contribution in [-0.4, -0.2) is 132 Å². The van der Waals surface area contributed by atoms with Crippen molar-refractivity contribution in [2.24, 2.45) is 0 Å². The van der Waals surface area contributed by atoms with Gasteiger partial charge in [-0.3, -0.25) is 0 Å². The SMILES string of the molecule is COCCOCCOc1ccc(-c2c3ccc(C)cc3c(-c3ccc(OCCOCCOC)c(OCCOCCOC)c3)c3ccc(C)cc23)cc1COCCOCCO. The first-order valence-corrected chi connectivity index (χ1v) is 20.6. The zero-order valence-electron chi connectivity index (χ0n) is 35.9. The van der Waals surface area contributed by atoms with Gasteiger partial charge in [0.2, 0.25) is 0 Å². The molecule has 5 rings (SSSR count). The van der Waals surface area contributed by atoms with Crippen molar-refractivity contribution in [2.75, 3.05) is 127 Å². The summed E-state index contributed by atoms with van der Waals surface area (Å²) >= 11 is 0. The lowest BCUT2D eigenvalue weighted by Gasteiger charge is -2.21. The van der Waals surface area contributed by atoms with Gasteiger partial charge in [-0.05, 0) is 81.9 Å². The van der Waals surface area contributed by atoms with E-state index in [1.165, 1.54) is 0 Å². The summed E-state index contributed by atoms with van der Waals surface area (Å²) in [6.07, 6.45) is 0. The summed E-state index contributed by atoms with van der Waals surface area (Å²) in [5, 5.41) is 13.6. The van der Waals surface area contributed by atoms with Gasteiger partial charge >= 0.3 is 0 Å². The highest BCUT2D eigenvalue weighted by molar-refractivity contribution is 6.21. The smallest absolute Gasteiger partial charge is 0.161 e. The highest BCUT2D eigenvalue weighted by Gasteiger charge is 2.20. The van der Waals surface area contributed by atoms with Crippen LogP contribution in [0.1, 0.15) is 16.7 Å². The molecule has 0 bridgehead atoms. The minimum Gasteiger partial charge on any atom is -0.491 e. The molecule has 0 saturated heterocycles. The molecular formula is C48H62O12. The number of aryl methyl sites for hydroxylation is 2. The van der Waals surface area contributed by atoms with Crippen molar-refractivity contribution in [2.45, 2.75) is 20.5 Å². The van der Waals surface area contributed by atoms with Crippen molar-refractivity contribution in [3.63, 3.8) is 0 Å². The molecule has 0 aliphatic carbocycles. The van der Waals surface area contributed by atoms with Crippen LogP contribution in [0.2, 0.25) is 0 Å². The third-order valence-corrected chi connectivity index (χ3v) is 9.63. The predicted molar refractivity (Wildman–Crippen MR) is 234 cm³/mol. The van der Waals surface area contributed by atoms with E-state index in [1.54, 1.807) is 21.3 Å². The van der Waals surface area contributed by atoms with E-state index in [0.29, 0.717) is 111 Å². The predicted octanol–water partition coefficient (Wildman–Crippen LogP) is 7.59. The van der Waals surface area contributed by atoms with Crippen LogP contribution in [0, 0.1) is 13.8 Å². The summed E-state index contributed by atoms with van der Waals surface area (Å²) in [6, 6.07) is 25.7. The number of hydrogen-bond donors (Lipinski definition) is 1. The van der Waals surface area contributed by atoms with Gasteiger partial charge in [-0.2, -0.15) is 0 Å². The molecule has 5 aromatic carbocycles. The highest BCUT2D eigenvalue weighted by Crippen LogP contribution is 2.46. The van der Waals surface area contributed by atoms with Gasteiger partial charge in [0.05, 0.1) is 92.5 Å². The van der Waals surface area contributed by atoms with Crippen LogP contribution in [0.15, 0.2) is 72.8 Å². The Morgan fingerprint density at radius 1 is 0.383 bits per heavy atom. The number of fused-ring (bicyclic) bond motifs is 2. The molecule has 60 heavy (non-hydrogen) atoms. The quantitative estimate of drug-likeness (QED) is 0.0363. The van der Waals surface area contributed by atoms with Gasteiger partial charge in [0, 0.05) is 26.9 Å². The molecule has 12 heteroatoms. The average molecular weight is 831 g/mol. The summed E-state index contributed by atoms with van der Waals surface area (Å²) < 4.78 is 62.7. The first kappa shape index (κ1) is 46.7. The zero-order valence-corrected chi connectivity index (χ0v) is 35.9. The fourth-order valence-corrected chi connectivity index (χ4v) is 6.79. The number of benzene rings is 5. The minimum atomic E-state index is -0.0299. The summed E-state index contributed by atoms with van der Waals surface area (Å²) in [4.78, 5) is 0. The Bertz CT molecular complexity index is 1890. The van der Waals surface area contributed by atoms with Crippen LogP contribution in [0.5, 0.6) is 17.2 Å². The van der Waals surface area contributed by atoms with Gasteiger partial charge in [0.25, 0.3) is 0 Å². The molecule has 0 atom stereocenters. The van der Waals surface area contributed by atoms with Gasteiger partial charge in [-0.1, -0.05) is 59.7 Å². The molecule has 1 N–H and O–H groups in total. The van der Waals surface area contributed by atoms with E-state index in [-0.39, 0.29) is 13.2 Å². The molecule has 0 unspecified atom stereocenters. The van der Waals surface area contributed by atoms with Gasteiger partial charge in [0.1, 0.15) is 25.6 Å². The lowest BCUT2D eigenvalue weighted by atomic mass is 9.84. The van der Waals surface area contributed by atoms with Gasteiger partial charge in [-0.25, -0.2) is 0 Å². The summed E-state index contributed by atoms with van der Waals surface area (Å²) in [5.74, 6) is 1.97. The van der Waals surface area contributed by atoms with E-state index < -0.39 is 0 Å². The van der Waals surface area contributed by atoms with Crippen LogP contribution in [0.4, 0.5) is 0 Å². The van der Waals surface area contributed by atoms with Crippen molar-refractivity contribution < 1.29 is 57.2 Å². The monoisotopic (exact) mass is 830 g/mol. The Kier molecular flexibility index (Phi) is 20.3. The maximum absolute atomic E-state index is 9.11.